The van der Waals surface area contributed by atoms with Crippen LogP contribution >= 0.6 is 0 Å². The maximum Gasteiger partial charge on any atom is 0.251 e. The van der Waals surface area contributed by atoms with E-state index in [1.54, 1.807) is 6.20 Å². The van der Waals surface area contributed by atoms with Crippen molar-refractivity contribution in [2.45, 2.75) is 50.6 Å². The van der Waals surface area contributed by atoms with Crippen LogP contribution in [0.15, 0.2) is 24.4 Å². The van der Waals surface area contributed by atoms with Crippen molar-refractivity contribution in [2.24, 2.45) is 5.92 Å². The summed E-state index contributed by atoms with van der Waals surface area (Å²) < 4.78 is 5.41. The van der Waals surface area contributed by atoms with Gasteiger partial charge < -0.3 is 15.4 Å². The number of carbonyl (C=O) groups excluding carboxylic acids is 1. The standard InChI is InChI=1S/C20H28N4O2/c25-20(15-3-6-19-16(11-15)13-22-24-19)23-18-4-1-14(2-5-18)12-21-17-7-9-26-10-8-17/h3,6,11,13-14,17-18,21H,1-2,4-5,7-10,12H2,(H,22,24)(H,23,25)/t14-,18-. The highest BCUT2D eigenvalue weighted by molar-refractivity contribution is 5.97. The Kier molecular flexibility index (Phi) is 5.51. The fraction of sp³-hybridized carbons (Fsp3) is 0.600. The topological polar surface area (TPSA) is 79.0 Å². The van der Waals surface area contributed by atoms with Gasteiger partial charge in [0.05, 0.1) is 11.7 Å². The molecule has 3 N–H and O–H groups in total. The molecule has 2 heterocycles. The third-order valence-electron chi connectivity index (χ3n) is 5.80. The number of ether oxygens (including phenoxy) is 1. The number of fused-ring (bicyclic) bond motifs is 1. The summed E-state index contributed by atoms with van der Waals surface area (Å²) in [4.78, 5) is 12.5. The molecule has 0 atom stereocenters. The van der Waals surface area contributed by atoms with Gasteiger partial charge in [0, 0.05) is 36.2 Å². The molecule has 1 aromatic carbocycles. The highest BCUT2D eigenvalue weighted by atomic mass is 16.5. The molecule has 1 aliphatic heterocycles. The van der Waals surface area contributed by atoms with E-state index in [0.717, 1.165) is 62.3 Å². The summed E-state index contributed by atoms with van der Waals surface area (Å²) in [7, 11) is 0. The number of benzene rings is 1. The summed E-state index contributed by atoms with van der Waals surface area (Å²) in [5.74, 6) is 0.755. The van der Waals surface area contributed by atoms with Crippen LogP contribution in [0, 0.1) is 5.92 Å². The maximum absolute atomic E-state index is 12.5. The Hall–Kier alpha value is -1.92. The molecule has 0 spiro atoms. The lowest BCUT2D eigenvalue weighted by Gasteiger charge is -2.31. The summed E-state index contributed by atoms with van der Waals surface area (Å²) in [6.07, 6.45) is 8.52. The van der Waals surface area contributed by atoms with Gasteiger partial charge in [0.15, 0.2) is 0 Å². The van der Waals surface area contributed by atoms with E-state index in [1.165, 1.54) is 12.8 Å². The Balaban J connectivity index is 1.22. The lowest BCUT2D eigenvalue weighted by molar-refractivity contribution is 0.0760. The molecule has 1 aliphatic carbocycles. The van der Waals surface area contributed by atoms with Crippen LogP contribution in [0.2, 0.25) is 0 Å². The van der Waals surface area contributed by atoms with Crippen molar-refractivity contribution in [1.82, 2.24) is 20.8 Å². The molecule has 0 unspecified atom stereocenters. The molecular weight excluding hydrogens is 328 g/mol. The Labute approximate surface area is 154 Å². The number of hydrogen-bond donors (Lipinski definition) is 3. The number of hydrogen-bond acceptors (Lipinski definition) is 4. The Morgan fingerprint density at radius 1 is 1.12 bits per heavy atom. The molecule has 2 fully saturated rings. The molecule has 140 valence electrons. The van der Waals surface area contributed by atoms with Crippen LogP contribution in [0.5, 0.6) is 0 Å². The number of rotatable bonds is 5. The minimum Gasteiger partial charge on any atom is -0.381 e. The lowest BCUT2D eigenvalue weighted by Crippen LogP contribution is -2.41. The minimum atomic E-state index is 0.0249. The number of H-pyrrole nitrogens is 1. The number of aromatic amines is 1. The summed E-state index contributed by atoms with van der Waals surface area (Å²) in [5, 5.41) is 14.8. The second-order valence-corrected chi connectivity index (χ2v) is 7.66. The van der Waals surface area contributed by atoms with Gasteiger partial charge in [-0.05, 0) is 69.2 Å². The normalized spacial score (nSPS) is 24.6. The average Bonchev–Trinajstić information content (AvgIpc) is 3.16. The predicted octanol–water partition coefficient (Wildman–Crippen LogP) is 2.62. The molecule has 0 radical (unpaired) electrons. The fourth-order valence-corrected chi connectivity index (χ4v) is 4.10. The van der Waals surface area contributed by atoms with Crippen LogP contribution in [0.3, 0.4) is 0 Å². The van der Waals surface area contributed by atoms with Crippen LogP contribution in [-0.2, 0) is 4.74 Å². The first-order chi connectivity index (χ1) is 12.8. The highest BCUT2D eigenvalue weighted by Crippen LogP contribution is 2.24. The van der Waals surface area contributed by atoms with Gasteiger partial charge in [0.1, 0.15) is 0 Å². The van der Waals surface area contributed by atoms with E-state index >= 15 is 0 Å². The first-order valence-corrected chi connectivity index (χ1v) is 9.83. The fourth-order valence-electron chi connectivity index (χ4n) is 4.10. The van der Waals surface area contributed by atoms with E-state index in [4.69, 9.17) is 4.74 Å². The van der Waals surface area contributed by atoms with Crippen LogP contribution in [0.4, 0.5) is 0 Å². The molecule has 0 bridgehead atoms. The van der Waals surface area contributed by atoms with Gasteiger partial charge in [-0.1, -0.05) is 0 Å². The van der Waals surface area contributed by atoms with Gasteiger partial charge in [0.25, 0.3) is 5.91 Å². The quantitative estimate of drug-likeness (QED) is 0.769. The van der Waals surface area contributed by atoms with Crippen molar-refractivity contribution in [2.75, 3.05) is 19.8 Å². The largest absolute Gasteiger partial charge is 0.381 e. The Morgan fingerprint density at radius 2 is 1.92 bits per heavy atom. The smallest absolute Gasteiger partial charge is 0.251 e. The van der Waals surface area contributed by atoms with Crippen LogP contribution in [0.25, 0.3) is 10.9 Å². The number of nitrogens with zero attached hydrogens (tertiary/aromatic N) is 1. The summed E-state index contributed by atoms with van der Waals surface area (Å²) >= 11 is 0. The zero-order valence-corrected chi connectivity index (χ0v) is 15.2. The third-order valence-corrected chi connectivity index (χ3v) is 5.80. The van der Waals surface area contributed by atoms with Crippen molar-refractivity contribution in [3.05, 3.63) is 30.0 Å². The van der Waals surface area contributed by atoms with Crippen molar-refractivity contribution in [3.8, 4) is 0 Å². The second kappa shape index (κ2) is 8.18. The van der Waals surface area contributed by atoms with Crippen LogP contribution < -0.4 is 10.6 Å². The van der Waals surface area contributed by atoms with Gasteiger partial charge in [-0.15, -0.1) is 0 Å². The van der Waals surface area contributed by atoms with Crippen LogP contribution in [0.1, 0.15) is 48.9 Å². The van der Waals surface area contributed by atoms with Crippen LogP contribution in [-0.4, -0.2) is 47.9 Å². The molecule has 1 saturated carbocycles. The number of amides is 1. The summed E-state index contributed by atoms with van der Waals surface area (Å²) in [6.45, 7) is 2.88. The van der Waals surface area contributed by atoms with Gasteiger partial charge in [-0.2, -0.15) is 5.10 Å². The monoisotopic (exact) mass is 356 g/mol. The number of nitrogens with one attached hydrogen (secondary N) is 3. The molecule has 4 rings (SSSR count). The van der Waals surface area contributed by atoms with E-state index in [-0.39, 0.29) is 5.91 Å². The SMILES string of the molecule is O=C(N[C@H]1CC[C@H](CNC2CCOCC2)CC1)c1ccc2[nH]ncc2c1. The summed E-state index contributed by atoms with van der Waals surface area (Å²) in [5.41, 5.74) is 1.67. The molecule has 1 amide bonds. The molecule has 1 aromatic heterocycles. The van der Waals surface area contributed by atoms with Gasteiger partial charge in [-0.25, -0.2) is 0 Å². The molecule has 1 saturated heterocycles. The molecule has 6 nitrogen and oxygen atoms in total. The summed E-state index contributed by atoms with van der Waals surface area (Å²) in [6, 6.07) is 6.59. The van der Waals surface area contributed by atoms with Crippen molar-refractivity contribution < 1.29 is 9.53 Å². The van der Waals surface area contributed by atoms with E-state index < -0.39 is 0 Å². The van der Waals surface area contributed by atoms with E-state index in [2.05, 4.69) is 20.8 Å². The Morgan fingerprint density at radius 3 is 2.73 bits per heavy atom. The van der Waals surface area contributed by atoms with E-state index in [9.17, 15) is 4.79 Å². The molecule has 2 aliphatic rings. The lowest BCUT2D eigenvalue weighted by atomic mass is 9.85. The Bertz CT molecular complexity index is 730. The van der Waals surface area contributed by atoms with Gasteiger partial charge in [-0.3, -0.25) is 9.89 Å². The highest BCUT2D eigenvalue weighted by Gasteiger charge is 2.24. The zero-order chi connectivity index (χ0) is 17.8. The average molecular weight is 356 g/mol. The molecule has 26 heavy (non-hydrogen) atoms. The zero-order valence-electron chi connectivity index (χ0n) is 15.2. The molecule has 6 heteroatoms. The van der Waals surface area contributed by atoms with Crippen molar-refractivity contribution >= 4 is 16.8 Å². The second-order valence-electron chi connectivity index (χ2n) is 7.66. The van der Waals surface area contributed by atoms with E-state index in [0.29, 0.717) is 17.6 Å². The van der Waals surface area contributed by atoms with Crippen molar-refractivity contribution in [1.29, 1.82) is 0 Å². The number of carbonyl (C=O) groups is 1. The molecule has 2 aromatic rings. The maximum atomic E-state index is 12.5. The minimum absolute atomic E-state index is 0.0249. The first-order valence-electron chi connectivity index (χ1n) is 9.83. The third kappa shape index (κ3) is 4.24. The first kappa shape index (κ1) is 17.5. The van der Waals surface area contributed by atoms with Gasteiger partial charge in [0.2, 0.25) is 0 Å². The van der Waals surface area contributed by atoms with Gasteiger partial charge >= 0.3 is 0 Å². The molecular formula is C20H28N4O2. The number of aromatic nitrogens is 2. The predicted molar refractivity (Wildman–Crippen MR) is 101 cm³/mol. The van der Waals surface area contributed by atoms with E-state index in [1.807, 2.05) is 18.2 Å². The van der Waals surface area contributed by atoms with Crippen molar-refractivity contribution in [3.63, 3.8) is 0 Å².